The molecule has 1 heterocycles. The van der Waals surface area contributed by atoms with E-state index in [0.29, 0.717) is 5.13 Å². The lowest BCUT2D eigenvalue weighted by Crippen LogP contribution is -1.86. The Kier molecular flexibility index (Phi) is 3.51. The van der Waals surface area contributed by atoms with Crippen LogP contribution < -0.4 is 5.73 Å². The Morgan fingerprint density at radius 3 is 2.75 bits per heavy atom. The van der Waals surface area contributed by atoms with E-state index in [1.807, 2.05) is 5.38 Å². The Morgan fingerprint density at radius 2 is 2.12 bits per heavy atom. The Morgan fingerprint density at radius 1 is 1.31 bits per heavy atom. The van der Waals surface area contributed by atoms with Crippen LogP contribution in [0.3, 0.4) is 0 Å². The van der Waals surface area contributed by atoms with Crippen molar-refractivity contribution < 1.29 is 0 Å². The number of thiazole rings is 1. The molecule has 0 amide bonds. The summed E-state index contributed by atoms with van der Waals surface area (Å²) in [6.45, 7) is 4.27. The summed E-state index contributed by atoms with van der Waals surface area (Å²) in [5, 5.41) is 2.67. The van der Waals surface area contributed by atoms with Gasteiger partial charge in [-0.2, -0.15) is 0 Å². The van der Waals surface area contributed by atoms with Gasteiger partial charge >= 0.3 is 0 Å². The second-order valence-electron chi connectivity index (χ2n) is 3.71. The molecule has 0 spiro atoms. The molecule has 2 nitrogen and oxygen atoms in total. The minimum atomic E-state index is 0.649. The molecule has 0 unspecified atom stereocenters. The number of hydrogen-bond acceptors (Lipinski definition) is 4. The molecule has 0 radical (unpaired) electrons. The summed E-state index contributed by atoms with van der Waals surface area (Å²) in [5.41, 5.74) is 9.32. The van der Waals surface area contributed by atoms with Crippen LogP contribution in [0, 0.1) is 13.8 Å². The van der Waals surface area contributed by atoms with Gasteiger partial charge in [0.05, 0.1) is 5.69 Å². The largest absolute Gasteiger partial charge is 0.375 e. The zero-order chi connectivity index (χ0) is 11.5. The first-order chi connectivity index (χ1) is 7.65. The average molecular weight is 250 g/mol. The van der Waals surface area contributed by atoms with Crippen molar-refractivity contribution in [3.63, 3.8) is 0 Å². The van der Waals surface area contributed by atoms with Crippen LogP contribution in [-0.2, 0) is 5.75 Å². The smallest absolute Gasteiger partial charge is 0.180 e. The average Bonchev–Trinajstić information content (AvgIpc) is 2.66. The van der Waals surface area contributed by atoms with E-state index in [1.165, 1.54) is 27.4 Å². The normalized spacial score (nSPS) is 10.6. The van der Waals surface area contributed by atoms with Crippen molar-refractivity contribution in [3.8, 4) is 0 Å². The van der Waals surface area contributed by atoms with Crippen molar-refractivity contribution in [1.82, 2.24) is 4.98 Å². The number of nitrogen functional groups attached to an aromatic ring is 1. The van der Waals surface area contributed by atoms with E-state index in [0.717, 1.165) is 11.4 Å². The van der Waals surface area contributed by atoms with E-state index in [2.05, 4.69) is 37.0 Å². The Hall–Kier alpha value is -1.00. The molecule has 0 atom stereocenters. The van der Waals surface area contributed by atoms with Gasteiger partial charge in [0.1, 0.15) is 0 Å². The highest BCUT2D eigenvalue weighted by atomic mass is 32.2. The number of aryl methyl sites for hydroxylation is 2. The Bertz CT molecular complexity index is 492. The number of nitrogens with two attached hydrogens (primary N) is 1. The van der Waals surface area contributed by atoms with Gasteiger partial charge in [0.15, 0.2) is 5.13 Å². The van der Waals surface area contributed by atoms with Gasteiger partial charge in [-0.25, -0.2) is 4.98 Å². The predicted molar refractivity (Wildman–Crippen MR) is 72.0 cm³/mol. The highest BCUT2D eigenvalue weighted by molar-refractivity contribution is 7.98. The van der Waals surface area contributed by atoms with Crippen LogP contribution in [0.15, 0.2) is 28.5 Å². The molecule has 0 saturated heterocycles. The lowest BCUT2D eigenvalue weighted by Gasteiger charge is -2.03. The van der Waals surface area contributed by atoms with Gasteiger partial charge in [0.2, 0.25) is 0 Å². The monoisotopic (exact) mass is 250 g/mol. The van der Waals surface area contributed by atoms with Crippen molar-refractivity contribution in [2.24, 2.45) is 0 Å². The second kappa shape index (κ2) is 4.89. The Labute approximate surface area is 104 Å². The van der Waals surface area contributed by atoms with Crippen LogP contribution in [-0.4, -0.2) is 4.98 Å². The number of nitrogens with zero attached hydrogens (tertiary/aromatic N) is 1. The van der Waals surface area contributed by atoms with Crippen molar-refractivity contribution >= 4 is 28.2 Å². The van der Waals surface area contributed by atoms with E-state index >= 15 is 0 Å². The summed E-state index contributed by atoms with van der Waals surface area (Å²) in [6, 6.07) is 6.53. The van der Waals surface area contributed by atoms with E-state index < -0.39 is 0 Å². The van der Waals surface area contributed by atoms with E-state index in [-0.39, 0.29) is 0 Å². The van der Waals surface area contributed by atoms with Gasteiger partial charge in [0, 0.05) is 16.0 Å². The molecule has 1 aromatic heterocycles. The fourth-order valence-corrected chi connectivity index (χ4v) is 2.90. The van der Waals surface area contributed by atoms with Gasteiger partial charge in [0.25, 0.3) is 0 Å². The zero-order valence-corrected chi connectivity index (χ0v) is 11.0. The highest BCUT2D eigenvalue weighted by Gasteiger charge is 2.01. The Balaban J connectivity index is 2.02. The van der Waals surface area contributed by atoms with Crippen LogP contribution in [0.2, 0.25) is 0 Å². The van der Waals surface area contributed by atoms with E-state index in [1.54, 1.807) is 11.8 Å². The molecule has 16 heavy (non-hydrogen) atoms. The lowest BCUT2D eigenvalue weighted by atomic mass is 10.1. The minimum Gasteiger partial charge on any atom is -0.375 e. The first-order valence-electron chi connectivity index (χ1n) is 5.05. The maximum absolute atomic E-state index is 5.59. The van der Waals surface area contributed by atoms with Crippen LogP contribution in [0.1, 0.15) is 16.8 Å². The predicted octanol–water partition coefficient (Wildman–Crippen LogP) is 3.63. The van der Waals surface area contributed by atoms with Crippen LogP contribution in [0.5, 0.6) is 0 Å². The summed E-state index contributed by atoms with van der Waals surface area (Å²) >= 11 is 3.30. The summed E-state index contributed by atoms with van der Waals surface area (Å²) in [7, 11) is 0. The second-order valence-corrected chi connectivity index (χ2v) is 5.65. The molecule has 2 N–H and O–H groups in total. The summed E-state index contributed by atoms with van der Waals surface area (Å²) in [5.74, 6) is 0.885. The molecule has 0 aliphatic rings. The number of aromatic nitrogens is 1. The van der Waals surface area contributed by atoms with Gasteiger partial charge in [-0.05, 0) is 37.1 Å². The zero-order valence-electron chi connectivity index (χ0n) is 9.36. The molecule has 0 fully saturated rings. The summed E-state index contributed by atoms with van der Waals surface area (Å²) in [4.78, 5) is 5.53. The minimum absolute atomic E-state index is 0.649. The number of thioether (sulfide) groups is 1. The van der Waals surface area contributed by atoms with Crippen molar-refractivity contribution in [2.75, 3.05) is 5.73 Å². The van der Waals surface area contributed by atoms with Gasteiger partial charge < -0.3 is 5.73 Å². The molecule has 1 aromatic carbocycles. The maximum Gasteiger partial charge on any atom is 0.180 e. The SMILES string of the molecule is Cc1ccc(SCc2csc(N)n2)cc1C. The highest BCUT2D eigenvalue weighted by Crippen LogP contribution is 2.25. The topological polar surface area (TPSA) is 38.9 Å². The summed E-state index contributed by atoms with van der Waals surface area (Å²) < 4.78 is 0. The van der Waals surface area contributed by atoms with Crippen molar-refractivity contribution in [2.45, 2.75) is 24.5 Å². The van der Waals surface area contributed by atoms with Gasteiger partial charge in [-0.15, -0.1) is 23.1 Å². The molecule has 0 aliphatic heterocycles. The fraction of sp³-hybridized carbons (Fsp3) is 0.250. The van der Waals surface area contributed by atoms with E-state index in [4.69, 9.17) is 5.73 Å². The number of benzene rings is 1. The third-order valence-corrected chi connectivity index (χ3v) is 4.18. The summed E-state index contributed by atoms with van der Waals surface area (Å²) in [6.07, 6.45) is 0. The van der Waals surface area contributed by atoms with Crippen molar-refractivity contribution in [1.29, 1.82) is 0 Å². The van der Waals surface area contributed by atoms with Crippen LogP contribution in [0.4, 0.5) is 5.13 Å². The van der Waals surface area contributed by atoms with Gasteiger partial charge in [-0.3, -0.25) is 0 Å². The molecule has 84 valence electrons. The lowest BCUT2D eigenvalue weighted by molar-refractivity contribution is 1.23. The maximum atomic E-state index is 5.59. The molecular weight excluding hydrogens is 236 g/mol. The van der Waals surface area contributed by atoms with E-state index in [9.17, 15) is 0 Å². The number of hydrogen-bond donors (Lipinski definition) is 1. The first kappa shape index (κ1) is 11.5. The standard InChI is InChI=1S/C12H14N2S2/c1-8-3-4-11(5-9(8)2)15-6-10-7-16-12(13)14-10/h3-5,7H,6H2,1-2H3,(H2,13,14). The molecule has 4 heteroatoms. The molecule has 2 aromatic rings. The molecule has 2 rings (SSSR count). The molecular formula is C12H14N2S2. The fourth-order valence-electron chi connectivity index (χ4n) is 1.35. The van der Waals surface area contributed by atoms with Crippen LogP contribution >= 0.6 is 23.1 Å². The molecule has 0 aliphatic carbocycles. The van der Waals surface area contributed by atoms with Gasteiger partial charge in [-0.1, -0.05) is 6.07 Å². The van der Waals surface area contributed by atoms with Crippen LogP contribution in [0.25, 0.3) is 0 Å². The number of rotatable bonds is 3. The molecule has 0 saturated carbocycles. The van der Waals surface area contributed by atoms with Crippen molar-refractivity contribution in [3.05, 3.63) is 40.4 Å². The third kappa shape index (κ3) is 2.77. The number of anilines is 1. The first-order valence-corrected chi connectivity index (χ1v) is 6.91. The third-order valence-electron chi connectivity index (χ3n) is 2.43. The quantitative estimate of drug-likeness (QED) is 0.845. The molecule has 0 bridgehead atoms.